The first-order chi connectivity index (χ1) is 8.84. The number of benzene rings is 1. The Labute approximate surface area is 108 Å². The van der Waals surface area contributed by atoms with Crippen LogP contribution in [-0.4, -0.2) is 19.5 Å². The van der Waals surface area contributed by atoms with Gasteiger partial charge in [-0.25, -0.2) is 0 Å². The van der Waals surface area contributed by atoms with Crippen molar-refractivity contribution in [3.8, 4) is 0 Å². The van der Waals surface area contributed by atoms with Crippen LogP contribution in [-0.2, 0) is 9.47 Å². The molecule has 1 saturated carbocycles. The molecule has 3 nitrogen and oxygen atoms in total. The minimum absolute atomic E-state index is 0.0184. The SMILES string of the molecule is NC(CC1OCCO1)c1ccccc1C1CCC1. The zero-order valence-electron chi connectivity index (χ0n) is 10.7. The van der Waals surface area contributed by atoms with Crippen LogP contribution in [0.25, 0.3) is 0 Å². The first-order valence-electron chi connectivity index (χ1n) is 6.92. The third kappa shape index (κ3) is 2.44. The molecule has 3 heteroatoms. The number of ether oxygens (including phenoxy) is 2. The molecule has 18 heavy (non-hydrogen) atoms. The monoisotopic (exact) mass is 247 g/mol. The zero-order chi connectivity index (χ0) is 12.4. The summed E-state index contributed by atoms with van der Waals surface area (Å²) in [5, 5.41) is 0. The van der Waals surface area contributed by atoms with Gasteiger partial charge < -0.3 is 15.2 Å². The molecule has 1 aliphatic carbocycles. The van der Waals surface area contributed by atoms with Gasteiger partial charge in [-0.2, -0.15) is 0 Å². The molecule has 2 N–H and O–H groups in total. The Bertz CT molecular complexity index is 397. The first-order valence-corrected chi connectivity index (χ1v) is 6.92. The number of hydrogen-bond acceptors (Lipinski definition) is 3. The number of rotatable bonds is 4. The normalized spacial score (nSPS) is 22.9. The Morgan fingerprint density at radius 2 is 1.89 bits per heavy atom. The molecule has 1 atom stereocenters. The minimum atomic E-state index is -0.116. The van der Waals surface area contributed by atoms with Crippen LogP contribution in [0.1, 0.15) is 48.8 Å². The van der Waals surface area contributed by atoms with E-state index in [1.807, 2.05) is 0 Å². The van der Waals surface area contributed by atoms with E-state index in [1.165, 1.54) is 30.4 Å². The van der Waals surface area contributed by atoms with Crippen LogP contribution in [0.5, 0.6) is 0 Å². The quantitative estimate of drug-likeness (QED) is 0.889. The summed E-state index contributed by atoms with van der Waals surface area (Å²) in [6.07, 6.45) is 4.60. The fourth-order valence-corrected chi connectivity index (χ4v) is 2.82. The predicted octanol–water partition coefficient (Wildman–Crippen LogP) is 2.72. The zero-order valence-corrected chi connectivity index (χ0v) is 10.7. The largest absolute Gasteiger partial charge is 0.350 e. The van der Waals surface area contributed by atoms with Crippen LogP contribution in [0.3, 0.4) is 0 Å². The molecule has 1 aromatic carbocycles. The van der Waals surface area contributed by atoms with Gasteiger partial charge in [0.1, 0.15) is 0 Å². The molecule has 0 amide bonds. The van der Waals surface area contributed by atoms with Crippen LogP contribution < -0.4 is 5.73 Å². The van der Waals surface area contributed by atoms with E-state index in [-0.39, 0.29) is 12.3 Å². The summed E-state index contributed by atoms with van der Waals surface area (Å²) in [6, 6.07) is 8.60. The second-order valence-electron chi connectivity index (χ2n) is 5.27. The Morgan fingerprint density at radius 1 is 1.17 bits per heavy atom. The van der Waals surface area contributed by atoms with Crippen molar-refractivity contribution < 1.29 is 9.47 Å². The van der Waals surface area contributed by atoms with Gasteiger partial charge in [0.25, 0.3) is 0 Å². The van der Waals surface area contributed by atoms with E-state index in [2.05, 4.69) is 24.3 Å². The number of nitrogens with two attached hydrogens (primary N) is 1. The van der Waals surface area contributed by atoms with E-state index in [0.29, 0.717) is 13.2 Å². The molecular weight excluding hydrogens is 226 g/mol. The molecule has 0 spiro atoms. The van der Waals surface area contributed by atoms with Crippen LogP contribution in [0.4, 0.5) is 0 Å². The van der Waals surface area contributed by atoms with Crippen molar-refractivity contribution in [2.75, 3.05) is 13.2 Å². The number of hydrogen-bond donors (Lipinski definition) is 1. The average Bonchev–Trinajstić information content (AvgIpc) is 2.80. The molecule has 1 saturated heterocycles. The molecule has 1 heterocycles. The molecule has 1 unspecified atom stereocenters. The van der Waals surface area contributed by atoms with E-state index >= 15 is 0 Å². The molecule has 2 aliphatic rings. The lowest BCUT2D eigenvalue weighted by atomic mass is 9.77. The van der Waals surface area contributed by atoms with Crippen molar-refractivity contribution in [1.82, 2.24) is 0 Å². The average molecular weight is 247 g/mol. The summed E-state index contributed by atoms with van der Waals surface area (Å²) in [5.41, 5.74) is 9.05. The van der Waals surface area contributed by atoms with Crippen molar-refractivity contribution in [2.24, 2.45) is 5.73 Å². The highest BCUT2D eigenvalue weighted by atomic mass is 16.7. The molecule has 0 radical (unpaired) electrons. The lowest BCUT2D eigenvalue weighted by Crippen LogP contribution is -2.22. The summed E-state index contributed by atoms with van der Waals surface area (Å²) in [6.45, 7) is 1.39. The summed E-state index contributed by atoms with van der Waals surface area (Å²) >= 11 is 0. The third-order valence-electron chi connectivity index (χ3n) is 4.08. The Hall–Kier alpha value is -0.900. The summed E-state index contributed by atoms with van der Waals surface area (Å²) in [4.78, 5) is 0. The van der Waals surface area contributed by atoms with Crippen LogP contribution in [0.15, 0.2) is 24.3 Å². The molecule has 1 aliphatic heterocycles. The van der Waals surface area contributed by atoms with Gasteiger partial charge in [-0.1, -0.05) is 30.7 Å². The van der Waals surface area contributed by atoms with Crippen LogP contribution in [0, 0.1) is 0 Å². The van der Waals surface area contributed by atoms with Gasteiger partial charge >= 0.3 is 0 Å². The smallest absolute Gasteiger partial charge is 0.159 e. The summed E-state index contributed by atoms with van der Waals surface area (Å²) in [7, 11) is 0. The van der Waals surface area contributed by atoms with Gasteiger partial charge in [-0.15, -0.1) is 0 Å². The lowest BCUT2D eigenvalue weighted by molar-refractivity contribution is -0.0508. The van der Waals surface area contributed by atoms with E-state index in [1.54, 1.807) is 0 Å². The fraction of sp³-hybridized carbons (Fsp3) is 0.600. The van der Waals surface area contributed by atoms with Gasteiger partial charge in [0.05, 0.1) is 13.2 Å². The molecule has 98 valence electrons. The summed E-state index contributed by atoms with van der Waals surface area (Å²) < 4.78 is 11.0. The van der Waals surface area contributed by atoms with Gasteiger partial charge in [-0.05, 0) is 29.9 Å². The molecule has 0 aromatic heterocycles. The van der Waals surface area contributed by atoms with E-state index in [9.17, 15) is 0 Å². The van der Waals surface area contributed by atoms with E-state index in [0.717, 1.165) is 12.3 Å². The van der Waals surface area contributed by atoms with E-state index < -0.39 is 0 Å². The first kappa shape index (κ1) is 12.2. The topological polar surface area (TPSA) is 44.5 Å². The second-order valence-corrected chi connectivity index (χ2v) is 5.27. The van der Waals surface area contributed by atoms with Gasteiger partial charge in [0.2, 0.25) is 0 Å². The highest BCUT2D eigenvalue weighted by Crippen LogP contribution is 2.39. The molecule has 0 bridgehead atoms. The Kier molecular flexibility index (Phi) is 3.64. The van der Waals surface area contributed by atoms with E-state index in [4.69, 9.17) is 15.2 Å². The molecule has 1 aromatic rings. The Balaban J connectivity index is 1.73. The predicted molar refractivity (Wildman–Crippen MR) is 70.3 cm³/mol. The fourth-order valence-electron chi connectivity index (χ4n) is 2.82. The van der Waals surface area contributed by atoms with Crippen molar-refractivity contribution in [3.63, 3.8) is 0 Å². The third-order valence-corrected chi connectivity index (χ3v) is 4.08. The standard InChI is InChI=1S/C15H21NO2/c16-14(10-15-17-8-9-18-15)13-7-2-1-6-12(13)11-4-3-5-11/h1-2,6-7,11,14-15H,3-5,8-10,16H2. The molecule has 3 rings (SSSR count). The van der Waals surface area contributed by atoms with Gasteiger partial charge in [0.15, 0.2) is 6.29 Å². The maximum absolute atomic E-state index is 6.33. The Morgan fingerprint density at radius 3 is 2.56 bits per heavy atom. The highest BCUT2D eigenvalue weighted by Gasteiger charge is 2.26. The maximum Gasteiger partial charge on any atom is 0.159 e. The minimum Gasteiger partial charge on any atom is -0.350 e. The second kappa shape index (κ2) is 5.39. The lowest BCUT2D eigenvalue weighted by Gasteiger charge is -2.30. The van der Waals surface area contributed by atoms with Gasteiger partial charge in [0, 0.05) is 12.5 Å². The maximum atomic E-state index is 6.33. The van der Waals surface area contributed by atoms with Crippen molar-refractivity contribution in [1.29, 1.82) is 0 Å². The van der Waals surface area contributed by atoms with Crippen molar-refractivity contribution in [3.05, 3.63) is 35.4 Å². The van der Waals surface area contributed by atoms with Crippen LogP contribution in [0.2, 0.25) is 0 Å². The van der Waals surface area contributed by atoms with Gasteiger partial charge in [-0.3, -0.25) is 0 Å². The molecule has 2 fully saturated rings. The highest BCUT2D eigenvalue weighted by molar-refractivity contribution is 5.34. The molecular formula is C15H21NO2. The summed E-state index contributed by atoms with van der Waals surface area (Å²) in [5.74, 6) is 0.720. The van der Waals surface area contributed by atoms with Crippen LogP contribution >= 0.6 is 0 Å². The van der Waals surface area contributed by atoms with Crippen molar-refractivity contribution in [2.45, 2.75) is 43.9 Å². The van der Waals surface area contributed by atoms with Crippen molar-refractivity contribution >= 4 is 0 Å².